The number of hydrogen-bond donors (Lipinski definition) is 1. The van der Waals surface area contributed by atoms with E-state index in [4.69, 9.17) is 21.7 Å². The van der Waals surface area contributed by atoms with Crippen molar-refractivity contribution < 1.29 is 27.5 Å². The van der Waals surface area contributed by atoms with Gasteiger partial charge in [0, 0.05) is 26.2 Å². The number of nitrogens with one attached hydrogen (secondary N) is 1. The van der Waals surface area contributed by atoms with Crippen LogP contribution in [0.25, 0.3) is 0 Å². The number of rotatable bonds is 4. The van der Waals surface area contributed by atoms with Crippen LogP contribution < -0.4 is 5.32 Å². The van der Waals surface area contributed by atoms with Gasteiger partial charge in [-0.15, -0.1) is 11.3 Å². The van der Waals surface area contributed by atoms with Crippen LogP contribution in [0.15, 0.2) is 0 Å². The molecule has 2 heterocycles. The molecule has 1 aliphatic rings. The van der Waals surface area contributed by atoms with Gasteiger partial charge in [0.1, 0.15) is 9.88 Å². The highest BCUT2D eigenvalue weighted by Crippen LogP contribution is 2.34. The summed E-state index contributed by atoms with van der Waals surface area (Å²) in [5.74, 6) is -1.14. The molecule has 0 radical (unpaired) electrons. The second-order valence-corrected chi connectivity index (χ2v) is 9.21. The van der Waals surface area contributed by atoms with Crippen molar-refractivity contribution in [3.63, 3.8) is 0 Å². The molecule has 12 heteroatoms. The summed E-state index contributed by atoms with van der Waals surface area (Å²) >= 11 is 6.45. The van der Waals surface area contributed by atoms with Crippen LogP contribution in [-0.2, 0) is 19.5 Å². The molecule has 1 aliphatic heterocycles. The third-order valence-electron chi connectivity index (χ3n) is 4.12. The summed E-state index contributed by atoms with van der Waals surface area (Å²) in [5.41, 5.74) is 0.672. The van der Waals surface area contributed by atoms with Gasteiger partial charge in [-0.25, -0.2) is 18.0 Å². The zero-order chi connectivity index (χ0) is 20.4. The van der Waals surface area contributed by atoms with E-state index in [0.717, 1.165) is 11.3 Å². The lowest BCUT2D eigenvalue weighted by atomic mass is 10.1. The van der Waals surface area contributed by atoms with E-state index in [-0.39, 0.29) is 10.4 Å². The Bertz CT molecular complexity index is 856. The zero-order valence-electron chi connectivity index (χ0n) is 15.4. The summed E-state index contributed by atoms with van der Waals surface area (Å²) in [6, 6.07) is 0. The average Bonchev–Trinajstić information content (AvgIpc) is 2.95. The molecule has 1 N–H and O–H groups in total. The summed E-state index contributed by atoms with van der Waals surface area (Å²) in [4.78, 5) is 26.2. The van der Waals surface area contributed by atoms with E-state index in [1.807, 2.05) is 4.90 Å². The van der Waals surface area contributed by atoms with Crippen molar-refractivity contribution in [2.24, 2.45) is 0 Å². The van der Waals surface area contributed by atoms with Crippen LogP contribution in [-0.4, -0.2) is 81.3 Å². The van der Waals surface area contributed by atoms with Gasteiger partial charge in [0.25, 0.3) is 0 Å². The minimum atomic E-state index is -3.24. The Morgan fingerprint density at radius 3 is 2.15 bits per heavy atom. The molecule has 0 atom stereocenters. The van der Waals surface area contributed by atoms with Crippen molar-refractivity contribution in [2.45, 2.75) is 6.92 Å². The van der Waals surface area contributed by atoms with Crippen molar-refractivity contribution in [2.75, 3.05) is 52.0 Å². The van der Waals surface area contributed by atoms with E-state index in [2.05, 4.69) is 5.32 Å². The lowest BCUT2D eigenvalue weighted by Gasteiger charge is -2.34. The molecule has 0 bridgehead atoms. The number of carbonyl (C=O) groups excluding carboxylic acids is 2. The number of nitrogens with zero attached hydrogens (tertiary/aromatic N) is 2. The summed E-state index contributed by atoms with van der Waals surface area (Å²) in [5, 5.41) is 3.71. The highest BCUT2D eigenvalue weighted by atomic mass is 32.2. The highest BCUT2D eigenvalue weighted by Gasteiger charge is 2.28. The van der Waals surface area contributed by atoms with Gasteiger partial charge < -0.3 is 19.7 Å². The number of thiocarbonyl (C=S) groups is 1. The monoisotopic (exact) mass is 435 g/mol. The molecule has 0 unspecified atom stereocenters. The molecule has 27 heavy (non-hydrogen) atoms. The maximum atomic E-state index is 12.2. The molecule has 0 amide bonds. The van der Waals surface area contributed by atoms with Gasteiger partial charge in [-0.05, 0) is 24.7 Å². The minimum absolute atomic E-state index is 0.222. The first-order valence-corrected chi connectivity index (χ1v) is 11.0. The SMILES string of the molecule is COC(=O)c1sc(NC(=S)N2CCN(S(C)(=O)=O)CC2)c(C(=O)OC)c1C. The minimum Gasteiger partial charge on any atom is -0.465 e. The summed E-state index contributed by atoms with van der Waals surface area (Å²) < 4.78 is 34.2. The summed E-state index contributed by atoms with van der Waals surface area (Å²) in [6.07, 6.45) is 1.17. The third-order valence-corrected chi connectivity index (χ3v) is 6.97. The molecule has 0 spiro atoms. The quantitative estimate of drug-likeness (QED) is 0.545. The van der Waals surface area contributed by atoms with Crippen LogP contribution in [0.3, 0.4) is 0 Å². The van der Waals surface area contributed by atoms with Gasteiger partial charge in [-0.3, -0.25) is 0 Å². The van der Waals surface area contributed by atoms with Gasteiger partial charge in [0.15, 0.2) is 5.11 Å². The van der Waals surface area contributed by atoms with Gasteiger partial charge in [-0.1, -0.05) is 0 Å². The molecule has 1 aromatic rings. The van der Waals surface area contributed by atoms with E-state index in [1.54, 1.807) is 6.92 Å². The van der Waals surface area contributed by atoms with Gasteiger partial charge in [0.2, 0.25) is 10.0 Å². The van der Waals surface area contributed by atoms with Crippen LogP contribution in [0.4, 0.5) is 5.00 Å². The first-order valence-electron chi connectivity index (χ1n) is 7.91. The van der Waals surface area contributed by atoms with Crippen LogP contribution in [0, 0.1) is 6.92 Å². The lowest BCUT2D eigenvalue weighted by Crippen LogP contribution is -2.51. The van der Waals surface area contributed by atoms with Gasteiger partial charge in [-0.2, -0.15) is 4.31 Å². The second-order valence-electron chi connectivity index (χ2n) is 5.82. The molecular formula is C15H21N3O6S3. The summed E-state index contributed by atoms with van der Waals surface area (Å²) in [7, 11) is -0.722. The Balaban J connectivity index is 2.20. The first-order chi connectivity index (χ1) is 12.6. The van der Waals surface area contributed by atoms with Crippen molar-refractivity contribution in [3.8, 4) is 0 Å². The summed E-state index contributed by atoms with van der Waals surface area (Å²) in [6.45, 7) is 3.11. The molecule has 150 valence electrons. The Hall–Kier alpha value is -1.76. The van der Waals surface area contributed by atoms with Crippen LogP contribution in [0.2, 0.25) is 0 Å². The Morgan fingerprint density at radius 1 is 1.11 bits per heavy atom. The van der Waals surface area contributed by atoms with Crippen LogP contribution in [0.5, 0.6) is 0 Å². The molecule has 1 fully saturated rings. The van der Waals surface area contributed by atoms with E-state index >= 15 is 0 Å². The van der Waals surface area contributed by atoms with Crippen molar-refractivity contribution in [1.82, 2.24) is 9.21 Å². The predicted octanol–water partition coefficient (Wildman–Crippen LogP) is 0.904. The second kappa shape index (κ2) is 8.50. The maximum absolute atomic E-state index is 12.2. The van der Waals surface area contributed by atoms with Crippen molar-refractivity contribution >= 4 is 55.6 Å². The molecule has 0 aromatic carbocycles. The molecule has 9 nitrogen and oxygen atoms in total. The molecule has 1 aromatic heterocycles. The van der Waals surface area contributed by atoms with Gasteiger partial charge >= 0.3 is 11.9 Å². The third kappa shape index (κ3) is 4.75. The fraction of sp³-hybridized carbons (Fsp3) is 0.533. The number of anilines is 1. The van der Waals surface area contributed by atoms with E-state index in [1.165, 1.54) is 24.8 Å². The predicted molar refractivity (Wildman–Crippen MR) is 106 cm³/mol. The number of piperazine rings is 1. The number of carbonyl (C=O) groups is 2. The van der Waals surface area contributed by atoms with Crippen molar-refractivity contribution in [1.29, 1.82) is 0 Å². The molecule has 2 rings (SSSR count). The van der Waals surface area contributed by atoms with Gasteiger partial charge in [0.05, 0.1) is 26.0 Å². The number of methoxy groups -OCH3 is 2. The topological polar surface area (TPSA) is 105 Å². The number of esters is 2. The number of ether oxygens (including phenoxy) is 2. The Labute approximate surface area is 167 Å². The molecule has 1 saturated heterocycles. The molecule has 0 saturated carbocycles. The fourth-order valence-corrected chi connectivity index (χ4v) is 4.92. The van der Waals surface area contributed by atoms with Crippen molar-refractivity contribution in [3.05, 3.63) is 16.0 Å². The zero-order valence-corrected chi connectivity index (χ0v) is 17.8. The fourth-order valence-electron chi connectivity index (χ4n) is 2.64. The molecular weight excluding hydrogens is 414 g/mol. The number of thiophene rings is 1. The number of sulfonamides is 1. The molecule has 0 aliphatic carbocycles. The smallest absolute Gasteiger partial charge is 0.348 e. The largest absolute Gasteiger partial charge is 0.465 e. The average molecular weight is 436 g/mol. The maximum Gasteiger partial charge on any atom is 0.348 e. The van der Waals surface area contributed by atoms with E-state index < -0.39 is 22.0 Å². The lowest BCUT2D eigenvalue weighted by molar-refractivity contribution is 0.0601. The normalized spacial score (nSPS) is 15.3. The Kier molecular flexibility index (Phi) is 6.78. The standard InChI is InChI=1S/C15H21N3O6S3/c1-9-10(13(19)23-2)12(26-11(9)14(20)24-3)16-15(25)17-5-7-18(8-6-17)27(4,21)22/h5-8H2,1-4H3,(H,16,25). The first kappa shape index (κ1) is 21.5. The van der Waals surface area contributed by atoms with Crippen LogP contribution in [0.1, 0.15) is 25.6 Å². The van der Waals surface area contributed by atoms with E-state index in [0.29, 0.717) is 41.9 Å². The number of hydrogen-bond acceptors (Lipinski definition) is 8. The van der Waals surface area contributed by atoms with E-state index in [9.17, 15) is 18.0 Å². The van der Waals surface area contributed by atoms with Crippen LogP contribution >= 0.6 is 23.6 Å². The Morgan fingerprint density at radius 2 is 1.67 bits per heavy atom. The highest BCUT2D eigenvalue weighted by molar-refractivity contribution is 7.88.